The third-order valence-corrected chi connectivity index (χ3v) is 6.05. The van der Waals surface area contributed by atoms with Gasteiger partial charge >= 0.3 is 6.03 Å². The number of rotatable bonds is 4. The number of carbonyl (C=O) groups excluding carboxylic acids is 2. The summed E-state index contributed by atoms with van der Waals surface area (Å²) in [5.74, 6) is 1.09. The first-order valence-electron chi connectivity index (χ1n) is 10.7. The molecule has 0 radical (unpaired) electrons. The minimum Gasteiger partial charge on any atom is -0.490 e. The van der Waals surface area contributed by atoms with Gasteiger partial charge in [0, 0.05) is 25.6 Å². The Balaban J connectivity index is 1.28. The molecule has 158 valence electrons. The van der Waals surface area contributed by atoms with Gasteiger partial charge in [-0.1, -0.05) is 49.4 Å². The summed E-state index contributed by atoms with van der Waals surface area (Å²) in [6.07, 6.45) is 1.40. The lowest BCUT2D eigenvalue weighted by Gasteiger charge is -2.37. The maximum Gasteiger partial charge on any atom is 0.324 e. The normalized spacial score (nSPS) is 17.6. The topological polar surface area (TPSA) is 61.9 Å². The van der Waals surface area contributed by atoms with Crippen LogP contribution in [0.3, 0.4) is 0 Å². The van der Waals surface area contributed by atoms with Crippen LogP contribution >= 0.6 is 0 Å². The molecule has 1 saturated heterocycles. The van der Waals surface area contributed by atoms with Crippen molar-refractivity contribution in [2.75, 3.05) is 37.7 Å². The van der Waals surface area contributed by atoms with Gasteiger partial charge in [-0.25, -0.2) is 4.79 Å². The largest absolute Gasteiger partial charge is 0.490 e. The monoisotopic (exact) mass is 407 g/mol. The number of fused-ring (bicyclic) bond motifs is 1. The number of piperidine rings is 1. The Morgan fingerprint density at radius 2 is 1.73 bits per heavy atom. The fraction of sp³-hybridized carbons (Fsp3) is 0.417. The SMILES string of the molecule is C[C@H](CNC(=O)C1CCN(C(=O)N2CCOc3ccccc32)CC1)c1ccccc1. The Kier molecular flexibility index (Phi) is 6.21. The molecule has 0 aliphatic carbocycles. The lowest BCUT2D eigenvalue weighted by atomic mass is 9.95. The van der Waals surface area contributed by atoms with Crippen molar-refractivity contribution in [2.24, 2.45) is 5.92 Å². The van der Waals surface area contributed by atoms with E-state index in [0.717, 1.165) is 11.4 Å². The molecule has 0 aromatic heterocycles. The second kappa shape index (κ2) is 9.20. The molecule has 2 aromatic rings. The molecule has 3 amide bonds. The number of benzene rings is 2. The molecule has 0 spiro atoms. The summed E-state index contributed by atoms with van der Waals surface area (Å²) >= 11 is 0. The van der Waals surface area contributed by atoms with Gasteiger partial charge < -0.3 is 15.0 Å². The van der Waals surface area contributed by atoms with E-state index in [-0.39, 0.29) is 23.8 Å². The molecule has 2 aliphatic rings. The molecule has 30 heavy (non-hydrogen) atoms. The molecule has 4 rings (SSSR count). The zero-order chi connectivity index (χ0) is 20.9. The van der Waals surface area contributed by atoms with E-state index in [1.165, 1.54) is 5.56 Å². The van der Waals surface area contributed by atoms with E-state index in [0.29, 0.717) is 45.6 Å². The number of likely N-dealkylation sites (tertiary alicyclic amines) is 1. The highest BCUT2D eigenvalue weighted by molar-refractivity contribution is 5.94. The number of hydrogen-bond acceptors (Lipinski definition) is 3. The van der Waals surface area contributed by atoms with Crippen LogP contribution in [0.1, 0.15) is 31.2 Å². The molecule has 1 fully saturated rings. The Labute approximate surface area is 177 Å². The predicted molar refractivity (Wildman–Crippen MR) is 117 cm³/mol. The molecular weight excluding hydrogens is 378 g/mol. The van der Waals surface area contributed by atoms with Gasteiger partial charge in [0.1, 0.15) is 12.4 Å². The molecule has 6 heteroatoms. The maximum absolute atomic E-state index is 13.1. The highest BCUT2D eigenvalue weighted by Crippen LogP contribution is 2.32. The van der Waals surface area contributed by atoms with E-state index in [9.17, 15) is 9.59 Å². The molecule has 6 nitrogen and oxygen atoms in total. The molecule has 0 saturated carbocycles. The summed E-state index contributed by atoms with van der Waals surface area (Å²) in [7, 11) is 0. The second-order valence-electron chi connectivity index (χ2n) is 8.07. The lowest BCUT2D eigenvalue weighted by Crippen LogP contribution is -2.50. The fourth-order valence-electron chi connectivity index (χ4n) is 4.17. The Hall–Kier alpha value is -3.02. The summed E-state index contributed by atoms with van der Waals surface area (Å²) in [5.41, 5.74) is 2.05. The average Bonchev–Trinajstić information content (AvgIpc) is 2.82. The maximum atomic E-state index is 13.1. The number of urea groups is 1. The van der Waals surface area contributed by atoms with Crippen molar-refractivity contribution in [3.05, 3.63) is 60.2 Å². The first-order chi connectivity index (χ1) is 14.6. The molecule has 0 unspecified atom stereocenters. The molecule has 0 bridgehead atoms. The van der Waals surface area contributed by atoms with Crippen molar-refractivity contribution >= 4 is 17.6 Å². The number of hydrogen-bond donors (Lipinski definition) is 1. The van der Waals surface area contributed by atoms with Gasteiger partial charge in [-0.2, -0.15) is 0 Å². The summed E-state index contributed by atoms with van der Waals surface area (Å²) < 4.78 is 5.65. The van der Waals surface area contributed by atoms with Gasteiger partial charge in [0.15, 0.2) is 0 Å². The number of anilines is 1. The summed E-state index contributed by atoms with van der Waals surface area (Å²) in [6.45, 7) is 5.01. The van der Waals surface area contributed by atoms with Crippen LogP contribution in [0.15, 0.2) is 54.6 Å². The van der Waals surface area contributed by atoms with E-state index in [1.54, 1.807) is 4.90 Å². The van der Waals surface area contributed by atoms with Gasteiger partial charge in [-0.05, 0) is 36.5 Å². The Bertz CT molecular complexity index is 878. The highest BCUT2D eigenvalue weighted by Gasteiger charge is 2.32. The van der Waals surface area contributed by atoms with Crippen LogP contribution in [0.4, 0.5) is 10.5 Å². The van der Waals surface area contributed by atoms with Crippen LogP contribution in [0.2, 0.25) is 0 Å². The molecule has 2 aromatic carbocycles. The predicted octanol–water partition coefficient (Wildman–Crippen LogP) is 3.64. The van der Waals surface area contributed by atoms with Gasteiger partial charge in [0.05, 0.1) is 12.2 Å². The van der Waals surface area contributed by atoms with Gasteiger partial charge in [-0.15, -0.1) is 0 Å². The smallest absolute Gasteiger partial charge is 0.324 e. The first kappa shape index (κ1) is 20.3. The minimum atomic E-state index is -0.0333. The van der Waals surface area contributed by atoms with Crippen molar-refractivity contribution in [2.45, 2.75) is 25.7 Å². The van der Waals surface area contributed by atoms with Gasteiger partial charge in [0.25, 0.3) is 0 Å². The molecule has 2 heterocycles. The summed E-state index contributed by atoms with van der Waals surface area (Å²) in [4.78, 5) is 29.3. The Morgan fingerprint density at radius 1 is 1.03 bits per heavy atom. The number of ether oxygens (including phenoxy) is 1. The van der Waals surface area contributed by atoms with Crippen LogP contribution in [0, 0.1) is 5.92 Å². The first-order valence-corrected chi connectivity index (χ1v) is 10.7. The van der Waals surface area contributed by atoms with E-state index < -0.39 is 0 Å². The summed E-state index contributed by atoms with van der Waals surface area (Å²) in [5, 5.41) is 3.10. The quantitative estimate of drug-likeness (QED) is 0.842. The second-order valence-corrected chi connectivity index (χ2v) is 8.07. The third-order valence-electron chi connectivity index (χ3n) is 6.05. The van der Waals surface area contributed by atoms with E-state index >= 15 is 0 Å². The van der Waals surface area contributed by atoms with E-state index in [4.69, 9.17) is 4.74 Å². The van der Waals surface area contributed by atoms with Gasteiger partial charge in [-0.3, -0.25) is 9.69 Å². The highest BCUT2D eigenvalue weighted by atomic mass is 16.5. The van der Waals surface area contributed by atoms with Crippen molar-refractivity contribution in [1.29, 1.82) is 0 Å². The zero-order valence-corrected chi connectivity index (χ0v) is 17.4. The van der Waals surface area contributed by atoms with Crippen LogP contribution in [-0.2, 0) is 4.79 Å². The van der Waals surface area contributed by atoms with Crippen molar-refractivity contribution < 1.29 is 14.3 Å². The van der Waals surface area contributed by atoms with E-state index in [2.05, 4.69) is 24.4 Å². The minimum absolute atomic E-state index is 0.00214. The van der Waals surface area contributed by atoms with Crippen LogP contribution in [0.25, 0.3) is 0 Å². The number of para-hydroxylation sites is 2. The number of amides is 3. The van der Waals surface area contributed by atoms with Crippen LogP contribution in [0.5, 0.6) is 5.75 Å². The Morgan fingerprint density at radius 3 is 2.50 bits per heavy atom. The van der Waals surface area contributed by atoms with Crippen LogP contribution < -0.4 is 15.0 Å². The number of nitrogens with zero attached hydrogens (tertiary/aromatic N) is 2. The summed E-state index contributed by atoms with van der Waals surface area (Å²) in [6, 6.07) is 17.9. The number of carbonyl (C=O) groups is 2. The standard InChI is InChI=1S/C24H29N3O3/c1-18(19-7-3-2-4-8-19)17-25-23(28)20-11-13-26(14-12-20)24(29)27-15-16-30-22-10-6-5-9-21(22)27/h2-10,18,20H,11-17H2,1H3,(H,25,28)/t18-/m1/s1. The molecule has 1 N–H and O–H groups in total. The van der Waals surface area contributed by atoms with E-state index in [1.807, 2.05) is 47.4 Å². The van der Waals surface area contributed by atoms with Gasteiger partial charge in [0.2, 0.25) is 5.91 Å². The lowest BCUT2D eigenvalue weighted by molar-refractivity contribution is -0.126. The average molecular weight is 408 g/mol. The molecule has 2 aliphatic heterocycles. The van der Waals surface area contributed by atoms with Crippen molar-refractivity contribution in [3.8, 4) is 5.75 Å². The third kappa shape index (κ3) is 4.42. The molecule has 1 atom stereocenters. The van der Waals surface area contributed by atoms with Crippen LogP contribution in [-0.4, -0.2) is 49.6 Å². The molecular formula is C24H29N3O3. The number of nitrogens with one attached hydrogen (secondary N) is 1. The fourth-order valence-corrected chi connectivity index (χ4v) is 4.17. The zero-order valence-electron chi connectivity index (χ0n) is 17.4. The van der Waals surface area contributed by atoms with Crippen molar-refractivity contribution in [3.63, 3.8) is 0 Å². The van der Waals surface area contributed by atoms with Crippen molar-refractivity contribution in [1.82, 2.24) is 10.2 Å².